The van der Waals surface area contributed by atoms with E-state index in [1.165, 1.54) is 37.0 Å². The van der Waals surface area contributed by atoms with Gasteiger partial charge in [-0.25, -0.2) is 13.1 Å². The Morgan fingerprint density at radius 2 is 2.26 bits per heavy atom. The molecule has 108 valence electrons. The zero-order valence-corrected chi connectivity index (χ0v) is 14.3. The minimum atomic E-state index is -3.34. The summed E-state index contributed by atoms with van der Waals surface area (Å²) in [7, 11) is -3.34. The molecule has 3 nitrogen and oxygen atoms in total. The van der Waals surface area contributed by atoms with Crippen molar-refractivity contribution in [3.63, 3.8) is 0 Å². The number of rotatable bonds is 5. The van der Waals surface area contributed by atoms with Crippen LogP contribution in [0.1, 0.15) is 39.0 Å². The van der Waals surface area contributed by atoms with Gasteiger partial charge < -0.3 is 0 Å². The highest BCUT2D eigenvalue weighted by molar-refractivity contribution is 9.10. The first-order valence-corrected chi connectivity index (χ1v) is 9.87. The lowest BCUT2D eigenvalue weighted by Gasteiger charge is -2.26. The average Bonchev–Trinajstić information content (AvgIpc) is 2.76. The SMILES string of the molecule is CC1CCCC(CCNS(=O)(=O)c2sccc2Br)C1. The minimum Gasteiger partial charge on any atom is -0.210 e. The molecular formula is C13H20BrNO2S2. The first kappa shape index (κ1) is 15.5. The first-order chi connectivity index (χ1) is 8.99. The second kappa shape index (κ2) is 6.70. The third kappa shape index (κ3) is 4.28. The molecule has 0 aromatic carbocycles. The van der Waals surface area contributed by atoms with Crippen molar-refractivity contribution >= 4 is 37.3 Å². The highest BCUT2D eigenvalue weighted by Gasteiger charge is 2.21. The van der Waals surface area contributed by atoms with Crippen LogP contribution in [0.3, 0.4) is 0 Å². The van der Waals surface area contributed by atoms with E-state index >= 15 is 0 Å². The largest absolute Gasteiger partial charge is 0.251 e. The minimum absolute atomic E-state index is 0.379. The van der Waals surface area contributed by atoms with Gasteiger partial charge in [-0.3, -0.25) is 0 Å². The lowest BCUT2D eigenvalue weighted by atomic mass is 9.81. The number of hydrogen-bond donors (Lipinski definition) is 1. The Morgan fingerprint density at radius 3 is 2.89 bits per heavy atom. The maximum atomic E-state index is 12.1. The zero-order valence-electron chi connectivity index (χ0n) is 11.1. The van der Waals surface area contributed by atoms with E-state index in [9.17, 15) is 8.42 Å². The predicted octanol–water partition coefficient (Wildman–Crippen LogP) is 4.01. The second-order valence-corrected chi connectivity index (χ2v) is 9.11. The first-order valence-electron chi connectivity index (χ1n) is 6.71. The number of hydrogen-bond acceptors (Lipinski definition) is 3. The molecule has 1 saturated carbocycles. The van der Waals surface area contributed by atoms with Gasteiger partial charge in [0.1, 0.15) is 4.21 Å². The number of halogens is 1. The van der Waals surface area contributed by atoms with Crippen molar-refractivity contribution in [2.24, 2.45) is 11.8 Å². The molecule has 0 radical (unpaired) electrons. The molecule has 19 heavy (non-hydrogen) atoms. The Hall–Kier alpha value is 0.0900. The third-order valence-electron chi connectivity index (χ3n) is 3.72. The second-order valence-electron chi connectivity index (χ2n) is 5.38. The standard InChI is InChI=1S/C13H20BrNO2S2/c1-10-3-2-4-11(9-10)5-7-15-19(16,17)13-12(14)6-8-18-13/h6,8,10-11,15H,2-5,7,9H2,1H3. The smallest absolute Gasteiger partial charge is 0.210 e. The van der Waals surface area contributed by atoms with Crippen LogP contribution in [0.25, 0.3) is 0 Å². The Kier molecular flexibility index (Phi) is 5.45. The number of thiophene rings is 1. The number of sulfonamides is 1. The van der Waals surface area contributed by atoms with Crippen LogP contribution in [-0.4, -0.2) is 15.0 Å². The van der Waals surface area contributed by atoms with Crippen LogP contribution in [0.15, 0.2) is 20.1 Å². The monoisotopic (exact) mass is 365 g/mol. The summed E-state index contributed by atoms with van der Waals surface area (Å²) in [6.07, 6.45) is 6.05. The molecule has 1 aromatic heterocycles. The molecular weight excluding hydrogens is 346 g/mol. The van der Waals surface area contributed by atoms with E-state index in [-0.39, 0.29) is 0 Å². The molecule has 1 fully saturated rings. The molecule has 1 heterocycles. The van der Waals surface area contributed by atoms with Gasteiger partial charge in [0.25, 0.3) is 10.0 Å². The van der Waals surface area contributed by atoms with Gasteiger partial charge in [-0.15, -0.1) is 11.3 Å². The van der Waals surface area contributed by atoms with E-state index in [2.05, 4.69) is 27.6 Å². The summed E-state index contributed by atoms with van der Waals surface area (Å²) in [5.74, 6) is 1.47. The molecule has 2 unspecified atom stereocenters. The van der Waals surface area contributed by atoms with Crippen molar-refractivity contribution in [2.45, 2.75) is 43.2 Å². The molecule has 6 heteroatoms. The summed E-state index contributed by atoms with van der Waals surface area (Å²) in [4.78, 5) is 0. The molecule has 1 aliphatic carbocycles. The summed E-state index contributed by atoms with van der Waals surface area (Å²) in [5.41, 5.74) is 0. The van der Waals surface area contributed by atoms with E-state index in [0.717, 1.165) is 12.3 Å². The predicted molar refractivity (Wildman–Crippen MR) is 82.9 cm³/mol. The molecule has 2 rings (SSSR count). The van der Waals surface area contributed by atoms with Crippen molar-refractivity contribution in [3.8, 4) is 0 Å². The molecule has 0 spiro atoms. The zero-order chi connectivity index (χ0) is 13.9. The van der Waals surface area contributed by atoms with Crippen LogP contribution in [0.5, 0.6) is 0 Å². The summed E-state index contributed by atoms with van der Waals surface area (Å²) in [6.45, 7) is 2.84. The summed E-state index contributed by atoms with van der Waals surface area (Å²) < 4.78 is 27.9. The molecule has 1 aromatic rings. The van der Waals surface area contributed by atoms with Crippen LogP contribution in [-0.2, 0) is 10.0 Å². The molecule has 0 amide bonds. The van der Waals surface area contributed by atoms with Crippen LogP contribution in [0, 0.1) is 11.8 Å². The fourth-order valence-corrected chi connectivity index (χ4v) is 6.18. The summed E-state index contributed by atoms with van der Waals surface area (Å²) in [6, 6.07) is 1.77. The van der Waals surface area contributed by atoms with Crippen molar-refractivity contribution in [2.75, 3.05) is 6.54 Å². The molecule has 2 atom stereocenters. The average molecular weight is 366 g/mol. The molecule has 0 aliphatic heterocycles. The molecule has 0 bridgehead atoms. The fourth-order valence-electron chi connectivity index (χ4n) is 2.76. The van der Waals surface area contributed by atoms with E-state index in [0.29, 0.717) is 21.1 Å². The molecule has 0 saturated heterocycles. The van der Waals surface area contributed by atoms with E-state index in [4.69, 9.17) is 0 Å². The quantitative estimate of drug-likeness (QED) is 0.856. The van der Waals surface area contributed by atoms with E-state index in [1.807, 2.05) is 0 Å². The van der Waals surface area contributed by atoms with Crippen molar-refractivity contribution in [1.29, 1.82) is 0 Å². The Labute approximate surface area is 128 Å². The number of nitrogens with one attached hydrogen (secondary N) is 1. The van der Waals surface area contributed by atoms with Gasteiger partial charge in [0.2, 0.25) is 0 Å². The van der Waals surface area contributed by atoms with Gasteiger partial charge in [-0.05, 0) is 52.1 Å². The normalized spacial score (nSPS) is 24.5. The lowest BCUT2D eigenvalue weighted by molar-refractivity contribution is 0.271. The topological polar surface area (TPSA) is 46.2 Å². The van der Waals surface area contributed by atoms with Gasteiger partial charge in [-0.2, -0.15) is 0 Å². The van der Waals surface area contributed by atoms with Gasteiger partial charge in [0.05, 0.1) is 0 Å². The molecule has 1 N–H and O–H groups in total. The van der Waals surface area contributed by atoms with Crippen LogP contribution < -0.4 is 4.72 Å². The maximum absolute atomic E-state index is 12.1. The summed E-state index contributed by atoms with van der Waals surface area (Å²) >= 11 is 4.52. The Balaban J connectivity index is 1.84. The Morgan fingerprint density at radius 1 is 1.47 bits per heavy atom. The Bertz CT molecular complexity index is 512. The highest BCUT2D eigenvalue weighted by Crippen LogP contribution is 2.31. The van der Waals surface area contributed by atoms with Crippen molar-refractivity contribution in [1.82, 2.24) is 4.72 Å². The summed E-state index contributed by atoms with van der Waals surface area (Å²) in [5, 5.41) is 1.78. The van der Waals surface area contributed by atoms with E-state index in [1.54, 1.807) is 11.4 Å². The van der Waals surface area contributed by atoms with Gasteiger partial charge in [0, 0.05) is 11.0 Å². The highest BCUT2D eigenvalue weighted by atomic mass is 79.9. The van der Waals surface area contributed by atoms with Gasteiger partial charge >= 0.3 is 0 Å². The van der Waals surface area contributed by atoms with E-state index < -0.39 is 10.0 Å². The van der Waals surface area contributed by atoms with Gasteiger partial charge in [-0.1, -0.05) is 26.2 Å². The van der Waals surface area contributed by atoms with Crippen molar-refractivity contribution < 1.29 is 8.42 Å². The fraction of sp³-hybridized carbons (Fsp3) is 0.692. The maximum Gasteiger partial charge on any atom is 0.251 e. The van der Waals surface area contributed by atoms with Crippen LogP contribution >= 0.6 is 27.3 Å². The van der Waals surface area contributed by atoms with Crippen molar-refractivity contribution in [3.05, 3.63) is 15.9 Å². The third-order valence-corrected chi connectivity index (χ3v) is 7.85. The lowest BCUT2D eigenvalue weighted by Crippen LogP contribution is -2.27. The van der Waals surface area contributed by atoms with Gasteiger partial charge in [0.15, 0.2) is 0 Å². The van der Waals surface area contributed by atoms with Crippen LogP contribution in [0.4, 0.5) is 0 Å². The molecule has 1 aliphatic rings. The van der Waals surface area contributed by atoms with Crippen LogP contribution in [0.2, 0.25) is 0 Å².